The summed E-state index contributed by atoms with van der Waals surface area (Å²) in [5.41, 5.74) is 0. The third-order valence-electron chi connectivity index (χ3n) is 3.55. The SMILES string of the molecule is CCCN(CC)CCNC1CC(C)OC(C)C1. The fourth-order valence-electron chi connectivity index (χ4n) is 2.74. The highest BCUT2D eigenvalue weighted by atomic mass is 16.5. The molecule has 1 aliphatic heterocycles. The quantitative estimate of drug-likeness (QED) is 0.741. The maximum absolute atomic E-state index is 5.75. The van der Waals surface area contributed by atoms with Crippen LogP contribution in [0.3, 0.4) is 0 Å². The molecule has 0 spiro atoms. The summed E-state index contributed by atoms with van der Waals surface area (Å²) in [4.78, 5) is 2.51. The van der Waals surface area contributed by atoms with Gasteiger partial charge in [-0.05, 0) is 46.2 Å². The van der Waals surface area contributed by atoms with E-state index in [2.05, 4.69) is 37.9 Å². The van der Waals surface area contributed by atoms with Crippen LogP contribution in [0.4, 0.5) is 0 Å². The van der Waals surface area contributed by atoms with Gasteiger partial charge in [0, 0.05) is 19.1 Å². The summed E-state index contributed by atoms with van der Waals surface area (Å²) in [5, 5.41) is 3.68. The molecule has 0 aliphatic carbocycles. The van der Waals surface area contributed by atoms with Crippen molar-refractivity contribution in [2.75, 3.05) is 26.2 Å². The van der Waals surface area contributed by atoms with Crippen LogP contribution >= 0.6 is 0 Å². The van der Waals surface area contributed by atoms with Gasteiger partial charge in [0.25, 0.3) is 0 Å². The lowest BCUT2D eigenvalue weighted by Crippen LogP contribution is -2.44. The first kappa shape index (κ1) is 14.9. The van der Waals surface area contributed by atoms with Crippen LogP contribution in [-0.2, 0) is 4.74 Å². The zero-order chi connectivity index (χ0) is 12.7. The lowest BCUT2D eigenvalue weighted by molar-refractivity contribution is -0.0421. The van der Waals surface area contributed by atoms with E-state index in [4.69, 9.17) is 4.74 Å². The van der Waals surface area contributed by atoms with E-state index in [0.717, 1.165) is 25.9 Å². The third kappa shape index (κ3) is 5.84. The van der Waals surface area contributed by atoms with Crippen molar-refractivity contribution in [2.24, 2.45) is 0 Å². The van der Waals surface area contributed by atoms with Gasteiger partial charge in [-0.15, -0.1) is 0 Å². The normalized spacial score (nSPS) is 29.8. The number of nitrogens with zero attached hydrogens (tertiary/aromatic N) is 1. The monoisotopic (exact) mass is 242 g/mol. The van der Waals surface area contributed by atoms with Crippen molar-refractivity contribution in [3.05, 3.63) is 0 Å². The molecule has 0 radical (unpaired) electrons. The van der Waals surface area contributed by atoms with Crippen molar-refractivity contribution in [1.82, 2.24) is 10.2 Å². The Bertz CT molecular complexity index is 189. The Hall–Kier alpha value is -0.120. The van der Waals surface area contributed by atoms with Crippen molar-refractivity contribution in [2.45, 2.75) is 65.2 Å². The molecule has 1 saturated heterocycles. The maximum Gasteiger partial charge on any atom is 0.0565 e. The van der Waals surface area contributed by atoms with E-state index in [1.54, 1.807) is 0 Å². The molecule has 0 bridgehead atoms. The number of rotatable bonds is 7. The minimum atomic E-state index is 0.411. The van der Waals surface area contributed by atoms with Crippen molar-refractivity contribution >= 4 is 0 Å². The van der Waals surface area contributed by atoms with E-state index in [9.17, 15) is 0 Å². The molecule has 1 N–H and O–H groups in total. The smallest absolute Gasteiger partial charge is 0.0565 e. The van der Waals surface area contributed by atoms with Crippen LogP contribution in [0.15, 0.2) is 0 Å². The first-order valence-corrected chi connectivity index (χ1v) is 7.26. The molecule has 0 aromatic heterocycles. The molecule has 1 fully saturated rings. The minimum Gasteiger partial charge on any atom is -0.375 e. The van der Waals surface area contributed by atoms with Gasteiger partial charge in [0.1, 0.15) is 0 Å². The van der Waals surface area contributed by atoms with Gasteiger partial charge < -0.3 is 15.0 Å². The van der Waals surface area contributed by atoms with E-state index >= 15 is 0 Å². The van der Waals surface area contributed by atoms with Gasteiger partial charge in [-0.3, -0.25) is 0 Å². The van der Waals surface area contributed by atoms with Gasteiger partial charge in [-0.2, -0.15) is 0 Å². The van der Waals surface area contributed by atoms with Gasteiger partial charge in [0.15, 0.2) is 0 Å². The van der Waals surface area contributed by atoms with E-state index in [1.807, 2.05) is 0 Å². The zero-order valence-corrected chi connectivity index (χ0v) is 12.0. The highest BCUT2D eigenvalue weighted by Crippen LogP contribution is 2.18. The molecule has 3 nitrogen and oxygen atoms in total. The molecule has 2 unspecified atom stereocenters. The number of hydrogen-bond donors (Lipinski definition) is 1. The number of ether oxygens (including phenoxy) is 1. The summed E-state index contributed by atoms with van der Waals surface area (Å²) < 4.78 is 5.75. The molecule has 1 rings (SSSR count). The van der Waals surface area contributed by atoms with Crippen LogP contribution in [0.25, 0.3) is 0 Å². The zero-order valence-electron chi connectivity index (χ0n) is 12.0. The van der Waals surface area contributed by atoms with Crippen molar-refractivity contribution < 1.29 is 4.74 Å². The molecular formula is C14H30N2O. The summed E-state index contributed by atoms with van der Waals surface area (Å²) in [5.74, 6) is 0. The van der Waals surface area contributed by atoms with Crippen LogP contribution in [0.5, 0.6) is 0 Å². The van der Waals surface area contributed by atoms with Crippen LogP contribution in [0, 0.1) is 0 Å². The van der Waals surface area contributed by atoms with E-state index in [1.165, 1.54) is 19.5 Å². The first-order chi connectivity index (χ1) is 8.15. The molecule has 1 heterocycles. The van der Waals surface area contributed by atoms with Crippen molar-refractivity contribution in [1.29, 1.82) is 0 Å². The second kappa shape index (κ2) is 8.06. The molecule has 1 aliphatic rings. The number of likely N-dealkylation sites (N-methyl/N-ethyl adjacent to an activating group) is 1. The average Bonchev–Trinajstić information content (AvgIpc) is 2.26. The molecule has 102 valence electrons. The highest BCUT2D eigenvalue weighted by Gasteiger charge is 2.23. The van der Waals surface area contributed by atoms with Gasteiger partial charge in [-0.1, -0.05) is 13.8 Å². The van der Waals surface area contributed by atoms with Gasteiger partial charge in [-0.25, -0.2) is 0 Å². The summed E-state index contributed by atoms with van der Waals surface area (Å²) in [6, 6.07) is 0.647. The van der Waals surface area contributed by atoms with Crippen LogP contribution in [0.2, 0.25) is 0 Å². The molecule has 0 aromatic rings. The fraction of sp³-hybridized carbons (Fsp3) is 1.00. The Morgan fingerprint density at radius 3 is 2.29 bits per heavy atom. The lowest BCUT2D eigenvalue weighted by atomic mass is 10.00. The summed E-state index contributed by atoms with van der Waals surface area (Å²) >= 11 is 0. The van der Waals surface area contributed by atoms with Crippen LogP contribution < -0.4 is 5.32 Å². The van der Waals surface area contributed by atoms with E-state index < -0.39 is 0 Å². The summed E-state index contributed by atoms with van der Waals surface area (Å²) in [7, 11) is 0. The predicted molar refractivity (Wildman–Crippen MR) is 73.4 cm³/mol. The van der Waals surface area contributed by atoms with Gasteiger partial charge in [0.05, 0.1) is 12.2 Å². The maximum atomic E-state index is 5.75. The molecule has 0 aromatic carbocycles. The van der Waals surface area contributed by atoms with Gasteiger partial charge in [0.2, 0.25) is 0 Å². The van der Waals surface area contributed by atoms with Crippen LogP contribution in [0.1, 0.15) is 47.0 Å². The average molecular weight is 242 g/mol. The fourth-order valence-corrected chi connectivity index (χ4v) is 2.74. The highest BCUT2D eigenvalue weighted by molar-refractivity contribution is 4.78. The topological polar surface area (TPSA) is 24.5 Å². The van der Waals surface area contributed by atoms with Crippen molar-refractivity contribution in [3.63, 3.8) is 0 Å². The molecule has 3 heteroatoms. The summed E-state index contributed by atoms with van der Waals surface area (Å²) in [6.07, 6.45) is 4.39. The minimum absolute atomic E-state index is 0.411. The predicted octanol–water partition coefficient (Wildman–Crippen LogP) is 2.26. The second-order valence-electron chi connectivity index (χ2n) is 5.31. The number of nitrogens with one attached hydrogen (secondary N) is 1. The lowest BCUT2D eigenvalue weighted by Gasteiger charge is -2.33. The Kier molecular flexibility index (Phi) is 7.09. The molecular weight excluding hydrogens is 212 g/mol. The second-order valence-corrected chi connectivity index (χ2v) is 5.31. The largest absolute Gasteiger partial charge is 0.375 e. The Labute approximate surface area is 107 Å². The molecule has 17 heavy (non-hydrogen) atoms. The first-order valence-electron chi connectivity index (χ1n) is 7.26. The Morgan fingerprint density at radius 2 is 1.76 bits per heavy atom. The Balaban J connectivity index is 2.16. The number of hydrogen-bond acceptors (Lipinski definition) is 3. The van der Waals surface area contributed by atoms with Crippen molar-refractivity contribution in [3.8, 4) is 0 Å². The summed E-state index contributed by atoms with van der Waals surface area (Å²) in [6.45, 7) is 13.5. The van der Waals surface area contributed by atoms with E-state index in [-0.39, 0.29) is 0 Å². The third-order valence-corrected chi connectivity index (χ3v) is 3.55. The van der Waals surface area contributed by atoms with Crippen LogP contribution in [-0.4, -0.2) is 49.3 Å². The Morgan fingerprint density at radius 1 is 1.12 bits per heavy atom. The van der Waals surface area contributed by atoms with Gasteiger partial charge >= 0.3 is 0 Å². The van der Waals surface area contributed by atoms with E-state index in [0.29, 0.717) is 18.2 Å². The molecule has 0 amide bonds. The molecule has 2 atom stereocenters. The standard InChI is InChI=1S/C14H30N2O/c1-5-8-16(6-2)9-7-15-14-10-12(3)17-13(4)11-14/h12-15H,5-11H2,1-4H3. The molecule has 0 saturated carbocycles.